The van der Waals surface area contributed by atoms with Crippen LogP contribution >= 0.6 is 0 Å². The van der Waals surface area contributed by atoms with Gasteiger partial charge in [0, 0.05) is 30.6 Å². The van der Waals surface area contributed by atoms with Gasteiger partial charge >= 0.3 is 0 Å². The monoisotopic (exact) mass is 342 g/mol. The lowest BCUT2D eigenvalue weighted by atomic mass is 9.83. The van der Waals surface area contributed by atoms with Gasteiger partial charge in [0.2, 0.25) is 11.8 Å². The quantitative estimate of drug-likeness (QED) is 0.904. The molecular weight excluding hydrogens is 312 g/mol. The molecule has 2 aliphatic rings. The van der Waals surface area contributed by atoms with Crippen LogP contribution in [0.25, 0.3) is 0 Å². The lowest BCUT2D eigenvalue weighted by Crippen LogP contribution is -2.45. The molecule has 1 aromatic carbocycles. The van der Waals surface area contributed by atoms with Crippen molar-refractivity contribution < 1.29 is 9.59 Å². The zero-order valence-corrected chi connectivity index (χ0v) is 15.7. The van der Waals surface area contributed by atoms with Crippen LogP contribution < -0.4 is 5.32 Å². The molecule has 4 heteroatoms. The van der Waals surface area contributed by atoms with Gasteiger partial charge in [0.1, 0.15) is 0 Å². The van der Waals surface area contributed by atoms with Gasteiger partial charge in [0.05, 0.1) is 0 Å². The van der Waals surface area contributed by atoms with Crippen LogP contribution in [0.5, 0.6) is 0 Å². The number of likely N-dealkylation sites (tertiary alicyclic amines) is 1. The van der Waals surface area contributed by atoms with Crippen LogP contribution in [-0.4, -0.2) is 29.8 Å². The molecule has 1 N–H and O–H groups in total. The largest absolute Gasteiger partial charge is 0.342 e. The van der Waals surface area contributed by atoms with E-state index >= 15 is 0 Å². The number of nitrogens with zero attached hydrogens (tertiary/aromatic N) is 1. The van der Waals surface area contributed by atoms with E-state index in [1.807, 2.05) is 17.0 Å². The first-order valence-electron chi connectivity index (χ1n) is 9.55. The van der Waals surface area contributed by atoms with E-state index in [-0.39, 0.29) is 23.2 Å². The van der Waals surface area contributed by atoms with Crippen LogP contribution in [0.1, 0.15) is 58.4 Å². The topological polar surface area (TPSA) is 49.4 Å². The van der Waals surface area contributed by atoms with Gasteiger partial charge in [0.15, 0.2) is 0 Å². The van der Waals surface area contributed by atoms with Crippen LogP contribution in [0.2, 0.25) is 0 Å². The van der Waals surface area contributed by atoms with Crippen molar-refractivity contribution in [1.82, 2.24) is 4.90 Å². The predicted molar refractivity (Wildman–Crippen MR) is 100 cm³/mol. The number of amides is 2. The van der Waals surface area contributed by atoms with E-state index < -0.39 is 0 Å². The van der Waals surface area contributed by atoms with E-state index in [1.165, 1.54) is 12.0 Å². The molecular formula is C21H30N2O2. The minimum Gasteiger partial charge on any atom is -0.342 e. The van der Waals surface area contributed by atoms with Gasteiger partial charge in [-0.2, -0.15) is 0 Å². The van der Waals surface area contributed by atoms with E-state index in [0.29, 0.717) is 5.91 Å². The number of hydrogen-bond acceptors (Lipinski definition) is 2. The molecule has 136 valence electrons. The summed E-state index contributed by atoms with van der Waals surface area (Å²) >= 11 is 0. The molecule has 1 saturated heterocycles. The number of rotatable bonds is 3. The first kappa shape index (κ1) is 18.0. The fraction of sp³-hybridized carbons (Fsp3) is 0.619. The lowest BCUT2D eigenvalue weighted by molar-refractivity contribution is -0.140. The highest BCUT2D eigenvalue weighted by Crippen LogP contribution is 2.30. The van der Waals surface area contributed by atoms with Crippen LogP contribution in [0, 0.1) is 11.8 Å². The second kappa shape index (κ2) is 7.19. The standard InChI is InChI=1S/C21H30N2O2/c1-21(2,3)17-7-9-18(10-8-17)22-19(24)15-11-13-23(14-12-15)20(25)16-5-4-6-16/h7-10,15-16H,4-6,11-14H2,1-3H3,(H,22,24). The third-order valence-electron chi connectivity index (χ3n) is 5.65. The van der Waals surface area contributed by atoms with Crippen molar-refractivity contribution in [2.45, 2.75) is 58.3 Å². The van der Waals surface area contributed by atoms with Crippen molar-refractivity contribution in [1.29, 1.82) is 0 Å². The lowest BCUT2D eigenvalue weighted by Gasteiger charge is -2.36. The number of piperidine rings is 1. The van der Waals surface area contributed by atoms with Crippen LogP contribution in [-0.2, 0) is 15.0 Å². The van der Waals surface area contributed by atoms with Crippen molar-refractivity contribution in [2.75, 3.05) is 18.4 Å². The van der Waals surface area contributed by atoms with E-state index in [1.54, 1.807) is 0 Å². The summed E-state index contributed by atoms with van der Waals surface area (Å²) in [6, 6.07) is 8.12. The molecule has 1 heterocycles. The molecule has 2 amide bonds. The Kier molecular flexibility index (Phi) is 5.16. The normalized spacial score (nSPS) is 19.4. The maximum absolute atomic E-state index is 12.5. The highest BCUT2D eigenvalue weighted by atomic mass is 16.2. The minimum atomic E-state index is 0.00716. The van der Waals surface area contributed by atoms with Crippen LogP contribution in [0.4, 0.5) is 5.69 Å². The minimum absolute atomic E-state index is 0.00716. The molecule has 2 fully saturated rings. The molecule has 3 rings (SSSR count). The van der Waals surface area contributed by atoms with Gasteiger partial charge < -0.3 is 10.2 Å². The SMILES string of the molecule is CC(C)(C)c1ccc(NC(=O)C2CCN(C(=O)C3CCC3)CC2)cc1. The average Bonchev–Trinajstić information content (AvgIpc) is 2.53. The molecule has 0 atom stereocenters. The summed E-state index contributed by atoms with van der Waals surface area (Å²) in [6.07, 6.45) is 4.81. The van der Waals surface area contributed by atoms with Crippen LogP contribution in [0.3, 0.4) is 0 Å². The number of anilines is 1. The first-order chi connectivity index (χ1) is 11.8. The van der Waals surface area contributed by atoms with Gasteiger partial charge in [-0.1, -0.05) is 39.3 Å². The molecule has 0 radical (unpaired) electrons. The summed E-state index contributed by atoms with van der Waals surface area (Å²) in [4.78, 5) is 26.8. The number of carbonyl (C=O) groups is 2. The Morgan fingerprint density at radius 2 is 1.56 bits per heavy atom. The molecule has 0 aromatic heterocycles. The van der Waals surface area contributed by atoms with E-state index in [0.717, 1.165) is 44.5 Å². The van der Waals surface area contributed by atoms with Crippen molar-refractivity contribution in [2.24, 2.45) is 11.8 Å². The smallest absolute Gasteiger partial charge is 0.227 e. The predicted octanol–water partition coefficient (Wildman–Crippen LogP) is 3.96. The van der Waals surface area contributed by atoms with Gasteiger partial charge in [-0.15, -0.1) is 0 Å². The second-order valence-electron chi connectivity index (χ2n) is 8.54. The Bertz CT molecular complexity index is 618. The van der Waals surface area contributed by atoms with Crippen molar-refractivity contribution in [3.05, 3.63) is 29.8 Å². The summed E-state index contributed by atoms with van der Waals surface area (Å²) in [5.41, 5.74) is 2.22. The van der Waals surface area contributed by atoms with E-state index in [9.17, 15) is 9.59 Å². The Morgan fingerprint density at radius 1 is 0.960 bits per heavy atom. The molecule has 1 aliphatic carbocycles. The van der Waals surface area contributed by atoms with Crippen molar-refractivity contribution in [3.8, 4) is 0 Å². The molecule has 25 heavy (non-hydrogen) atoms. The Morgan fingerprint density at radius 3 is 2.04 bits per heavy atom. The maximum atomic E-state index is 12.5. The van der Waals surface area contributed by atoms with Gasteiger partial charge in [-0.3, -0.25) is 9.59 Å². The zero-order valence-electron chi connectivity index (χ0n) is 15.7. The van der Waals surface area contributed by atoms with E-state index in [4.69, 9.17) is 0 Å². The summed E-state index contributed by atoms with van der Waals surface area (Å²) in [6.45, 7) is 7.98. The number of hydrogen-bond donors (Lipinski definition) is 1. The molecule has 0 bridgehead atoms. The Hall–Kier alpha value is -1.84. The third-order valence-corrected chi connectivity index (χ3v) is 5.65. The number of carbonyl (C=O) groups excluding carboxylic acids is 2. The Labute approximate surface area is 151 Å². The van der Waals surface area contributed by atoms with Crippen LogP contribution in [0.15, 0.2) is 24.3 Å². The summed E-state index contributed by atoms with van der Waals surface area (Å²) in [5.74, 6) is 0.654. The highest BCUT2D eigenvalue weighted by molar-refractivity contribution is 5.92. The fourth-order valence-electron chi connectivity index (χ4n) is 3.57. The average molecular weight is 342 g/mol. The van der Waals surface area contributed by atoms with Gasteiger partial charge in [-0.25, -0.2) is 0 Å². The molecule has 1 aliphatic heterocycles. The second-order valence-corrected chi connectivity index (χ2v) is 8.54. The third kappa shape index (κ3) is 4.23. The summed E-state index contributed by atoms with van der Waals surface area (Å²) in [5, 5.41) is 3.04. The number of benzene rings is 1. The summed E-state index contributed by atoms with van der Waals surface area (Å²) < 4.78 is 0. The maximum Gasteiger partial charge on any atom is 0.227 e. The molecule has 4 nitrogen and oxygen atoms in total. The zero-order chi connectivity index (χ0) is 18.0. The first-order valence-corrected chi connectivity index (χ1v) is 9.55. The summed E-state index contributed by atoms with van der Waals surface area (Å²) in [7, 11) is 0. The Balaban J connectivity index is 1.50. The highest BCUT2D eigenvalue weighted by Gasteiger charge is 2.33. The molecule has 1 saturated carbocycles. The molecule has 1 aromatic rings. The van der Waals surface area contributed by atoms with Gasteiger partial charge in [0.25, 0.3) is 0 Å². The van der Waals surface area contributed by atoms with Crippen molar-refractivity contribution in [3.63, 3.8) is 0 Å². The fourth-order valence-corrected chi connectivity index (χ4v) is 3.57. The molecule has 0 spiro atoms. The van der Waals surface area contributed by atoms with Gasteiger partial charge in [-0.05, 0) is 48.8 Å². The van der Waals surface area contributed by atoms with E-state index in [2.05, 4.69) is 38.2 Å². The van der Waals surface area contributed by atoms with Crippen molar-refractivity contribution >= 4 is 17.5 Å². The number of nitrogens with one attached hydrogen (secondary N) is 1. The molecule has 0 unspecified atom stereocenters.